The van der Waals surface area contributed by atoms with Gasteiger partial charge in [-0.2, -0.15) is 0 Å². The highest BCUT2D eigenvalue weighted by molar-refractivity contribution is 7.14. The lowest BCUT2D eigenvalue weighted by atomic mass is 10.1. The van der Waals surface area contributed by atoms with Crippen molar-refractivity contribution in [2.75, 3.05) is 0 Å². The molecule has 0 bridgehead atoms. The molecule has 5 heteroatoms. The first kappa shape index (κ1) is 10.9. The molecule has 0 aliphatic carbocycles. The van der Waals surface area contributed by atoms with Crippen LogP contribution in [0.3, 0.4) is 0 Å². The number of carboxylic acid groups (broad SMARTS) is 1. The molecule has 3 N–H and O–H groups in total. The van der Waals surface area contributed by atoms with Gasteiger partial charge in [0.15, 0.2) is 5.78 Å². The van der Waals surface area contributed by atoms with Crippen LogP contribution in [0, 0.1) is 6.92 Å². The van der Waals surface area contributed by atoms with Crippen LogP contribution in [-0.4, -0.2) is 22.9 Å². The summed E-state index contributed by atoms with van der Waals surface area (Å²) in [6.45, 7) is 1.89. The van der Waals surface area contributed by atoms with Gasteiger partial charge < -0.3 is 10.8 Å². The zero-order valence-electron chi connectivity index (χ0n) is 7.69. The highest BCUT2D eigenvalue weighted by Crippen LogP contribution is 2.17. The molecule has 0 aliphatic heterocycles. The van der Waals surface area contributed by atoms with Crippen LogP contribution in [0.1, 0.15) is 21.0 Å². The number of ketones is 1. The zero-order chi connectivity index (χ0) is 10.7. The van der Waals surface area contributed by atoms with E-state index in [2.05, 4.69) is 0 Å². The van der Waals surface area contributed by atoms with Gasteiger partial charge in [-0.3, -0.25) is 9.59 Å². The van der Waals surface area contributed by atoms with Gasteiger partial charge >= 0.3 is 5.97 Å². The van der Waals surface area contributed by atoms with E-state index in [9.17, 15) is 9.59 Å². The minimum atomic E-state index is -1.15. The number of carbonyl (C=O) groups is 2. The number of carbonyl (C=O) groups excluding carboxylic acids is 1. The van der Waals surface area contributed by atoms with Crippen molar-refractivity contribution < 1.29 is 14.7 Å². The summed E-state index contributed by atoms with van der Waals surface area (Å²) in [7, 11) is 0. The zero-order valence-corrected chi connectivity index (χ0v) is 8.50. The molecular weight excluding hydrogens is 202 g/mol. The van der Waals surface area contributed by atoms with Gasteiger partial charge in [-0.05, 0) is 19.1 Å². The summed E-state index contributed by atoms with van der Waals surface area (Å²) in [5.41, 5.74) is 5.25. The second-order valence-electron chi connectivity index (χ2n) is 2.98. The fraction of sp³-hybridized carbons (Fsp3) is 0.333. The van der Waals surface area contributed by atoms with E-state index in [1.54, 1.807) is 6.07 Å². The fourth-order valence-corrected chi connectivity index (χ4v) is 1.79. The third kappa shape index (κ3) is 2.65. The maximum absolute atomic E-state index is 11.4. The van der Waals surface area contributed by atoms with Gasteiger partial charge in [0, 0.05) is 11.3 Å². The molecule has 1 atom stereocenters. The molecule has 4 nitrogen and oxygen atoms in total. The van der Waals surface area contributed by atoms with Gasteiger partial charge in [-0.15, -0.1) is 11.3 Å². The van der Waals surface area contributed by atoms with Crippen LogP contribution in [-0.2, 0) is 4.79 Å². The van der Waals surface area contributed by atoms with E-state index in [1.165, 1.54) is 11.3 Å². The fourth-order valence-electron chi connectivity index (χ4n) is 0.972. The number of aliphatic carboxylic acids is 1. The number of carboxylic acids is 1. The van der Waals surface area contributed by atoms with Crippen molar-refractivity contribution >= 4 is 23.1 Å². The van der Waals surface area contributed by atoms with Gasteiger partial charge in [-0.25, -0.2) is 0 Å². The summed E-state index contributed by atoms with van der Waals surface area (Å²) in [5, 5.41) is 8.51. The van der Waals surface area contributed by atoms with Crippen LogP contribution in [0.25, 0.3) is 0 Å². The monoisotopic (exact) mass is 213 g/mol. The molecule has 0 saturated heterocycles. The van der Waals surface area contributed by atoms with E-state index in [0.717, 1.165) is 4.88 Å². The lowest BCUT2D eigenvalue weighted by Gasteiger charge is -2.02. The van der Waals surface area contributed by atoms with Crippen LogP contribution in [0.15, 0.2) is 12.1 Å². The van der Waals surface area contributed by atoms with Crippen molar-refractivity contribution in [3.8, 4) is 0 Å². The lowest BCUT2D eigenvalue weighted by molar-refractivity contribution is -0.138. The van der Waals surface area contributed by atoms with Crippen molar-refractivity contribution in [2.45, 2.75) is 19.4 Å². The number of aryl methyl sites for hydroxylation is 1. The summed E-state index contributed by atoms with van der Waals surface area (Å²) in [5.74, 6) is -1.36. The molecule has 1 heterocycles. The van der Waals surface area contributed by atoms with E-state index < -0.39 is 12.0 Å². The average Bonchev–Trinajstić information content (AvgIpc) is 2.51. The van der Waals surface area contributed by atoms with Gasteiger partial charge in [0.2, 0.25) is 0 Å². The number of hydrogen-bond donors (Lipinski definition) is 2. The number of hydrogen-bond acceptors (Lipinski definition) is 4. The Kier molecular flexibility index (Phi) is 3.38. The van der Waals surface area contributed by atoms with Crippen molar-refractivity contribution in [3.05, 3.63) is 21.9 Å². The minimum Gasteiger partial charge on any atom is -0.480 e. The van der Waals surface area contributed by atoms with Gasteiger partial charge in [0.05, 0.1) is 4.88 Å². The predicted molar refractivity (Wildman–Crippen MR) is 53.6 cm³/mol. The molecule has 0 radical (unpaired) electrons. The topological polar surface area (TPSA) is 80.4 Å². The largest absolute Gasteiger partial charge is 0.480 e. The molecule has 1 aromatic heterocycles. The van der Waals surface area contributed by atoms with E-state index in [-0.39, 0.29) is 12.2 Å². The van der Waals surface area contributed by atoms with Crippen molar-refractivity contribution in [1.29, 1.82) is 0 Å². The second-order valence-corrected chi connectivity index (χ2v) is 4.27. The Labute approximate surface area is 85.4 Å². The van der Waals surface area contributed by atoms with Gasteiger partial charge in [-0.1, -0.05) is 0 Å². The minimum absolute atomic E-state index is 0.144. The normalized spacial score (nSPS) is 12.4. The molecule has 1 rings (SSSR count). The summed E-state index contributed by atoms with van der Waals surface area (Å²) in [6.07, 6.45) is -0.144. The van der Waals surface area contributed by atoms with Crippen molar-refractivity contribution in [3.63, 3.8) is 0 Å². The van der Waals surface area contributed by atoms with E-state index in [0.29, 0.717) is 4.88 Å². The Balaban J connectivity index is 2.63. The number of thiophene rings is 1. The quantitative estimate of drug-likeness (QED) is 0.732. The van der Waals surface area contributed by atoms with E-state index in [4.69, 9.17) is 10.8 Å². The smallest absolute Gasteiger partial charge is 0.320 e. The van der Waals surface area contributed by atoms with Gasteiger partial charge in [0.1, 0.15) is 6.04 Å². The standard InChI is InChI=1S/C9H11NO3S/c1-5-2-3-8(14-5)7(11)4-6(10)9(12)13/h2-3,6H,4,10H2,1H3,(H,12,13). The summed E-state index contributed by atoms with van der Waals surface area (Å²) in [6, 6.07) is 2.41. The summed E-state index contributed by atoms with van der Waals surface area (Å²) in [4.78, 5) is 23.4. The van der Waals surface area contributed by atoms with Gasteiger partial charge in [0.25, 0.3) is 0 Å². The Bertz CT molecular complexity index is 359. The molecule has 14 heavy (non-hydrogen) atoms. The molecule has 1 unspecified atom stereocenters. The summed E-state index contributed by atoms with van der Waals surface area (Å²) >= 11 is 1.35. The highest BCUT2D eigenvalue weighted by atomic mass is 32.1. The first-order chi connectivity index (χ1) is 6.50. The van der Waals surface area contributed by atoms with Crippen LogP contribution in [0.2, 0.25) is 0 Å². The van der Waals surface area contributed by atoms with Crippen LogP contribution in [0.4, 0.5) is 0 Å². The van der Waals surface area contributed by atoms with E-state index in [1.807, 2.05) is 13.0 Å². The Morgan fingerprint density at radius 3 is 2.64 bits per heavy atom. The van der Waals surface area contributed by atoms with E-state index >= 15 is 0 Å². The van der Waals surface area contributed by atoms with Crippen LogP contribution in [0.5, 0.6) is 0 Å². The number of Topliss-reactive ketones (excluding diaryl/α,β-unsaturated/α-hetero) is 1. The third-order valence-electron chi connectivity index (χ3n) is 1.74. The molecule has 1 aromatic rings. The molecule has 0 saturated carbocycles. The summed E-state index contributed by atoms with van der Waals surface area (Å²) < 4.78 is 0. The molecular formula is C9H11NO3S. The number of nitrogens with two attached hydrogens (primary N) is 1. The Morgan fingerprint density at radius 1 is 1.57 bits per heavy atom. The second kappa shape index (κ2) is 4.34. The third-order valence-corrected chi connectivity index (χ3v) is 2.78. The maximum atomic E-state index is 11.4. The average molecular weight is 213 g/mol. The maximum Gasteiger partial charge on any atom is 0.320 e. The van der Waals surface area contributed by atoms with Crippen LogP contribution < -0.4 is 5.73 Å². The van der Waals surface area contributed by atoms with Crippen molar-refractivity contribution in [1.82, 2.24) is 0 Å². The predicted octanol–water partition coefficient (Wildman–Crippen LogP) is 1.04. The molecule has 76 valence electrons. The Morgan fingerprint density at radius 2 is 2.21 bits per heavy atom. The molecule has 0 fully saturated rings. The van der Waals surface area contributed by atoms with Crippen molar-refractivity contribution in [2.24, 2.45) is 5.73 Å². The molecule has 0 aliphatic rings. The SMILES string of the molecule is Cc1ccc(C(=O)CC(N)C(=O)O)s1. The van der Waals surface area contributed by atoms with Crippen LogP contribution >= 0.6 is 11.3 Å². The molecule has 0 amide bonds. The first-order valence-electron chi connectivity index (χ1n) is 4.08. The lowest BCUT2D eigenvalue weighted by Crippen LogP contribution is -2.32. The highest BCUT2D eigenvalue weighted by Gasteiger charge is 2.18. The number of rotatable bonds is 4. The Hall–Kier alpha value is -1.20. The molecule has 0 aromatic carbocycles. The molecule has 0 spiro atoms. The first-order valence-corrected chi connectivity index (χ1v) is 4.90.